The first kappa shape index (κ1) is 25.3. The normalized spacial score (nSPS) is 15.6. The van der Waals surface area contributed by atoms with Crippen LogP contribution in [-0.4, -0.2) is 41.2 Å². The molecule has 0 saturated carbocycles. The summed E-state index contributed by atoms with van der Waals surface area (Å²) in [4.78, 5) is 30.2. The number of carboxylic acids is 1. The van der Waals surface area contributed by atoms with Crippen LogP contribution in [0.2, 0.25) is 5.02 Å². The number of halogens is 2. The second-order valence-electron chi connectivity index (χ2n) is 7.64. The zero-order valence-electron chi connectivity index (χ0n) is 19.2. The van der Waals surface area contributed by atoms with Crippen molar-refractivity contribution in [2.75, 3.05) is 14.2 Å². The van der Waals surface area contributed by atoms with Crippen LogP contribution in [0.15, 0.2) is 70.6 Å². The molecule has 1 N–H and O–H groups in total. The van der Waals surface area contributed by atoms with Crippen LogP contribution in [0.1, 0.15) is 21.5 Å². The maximum absolute atomic E-state index is 13.9. The molecule has 0 unspecified atom stereocenters. The number of likely N-dealkylation sites (N-methyl/N-ethyl adjacent to an activating group) is 1. The van der Waals surface area contributed by atoms with Crippen LogP contribution in [-0.2, 0) is 11.4 Å². The number of thioether (sulfide) groups is 1. The molecule has 7 nitrogen and oxygen atoms in total. The van der Waals surface area contributed by atoms with Crippen molar-refractivity contribution in [1.82, 2.24) is 4.90 Å². The molecule has 184 valence electrons. The van der Waals surface area contributed by atoms with Gasteiger partial charge in [-0.2, -0.15) is 0 Å². The number of carbonyl (C=O) groups is 2. The molecule has 0 atom stereocenters. The number of rotatable bonds is 7. The number of methoxy groups -OCH3 is 1. The van der Waals surface area contributed by atoms with Gasteiger partial charge < -0.3 is 14.6 Å². The topological polar surface area (TPSA) is 88.4 Å². The molecule has 1 heterocycles. The van der Waals surface area contributed by atoms with Gasteiger partial charge in [-0.15, -0.1) is 0 Å². The minimum atomic E-state index is -1.06. The van der Waals surface area contributed by atoms with Gasteiger partial charge in [-0.05, 0) is 59.8 Å². The molecule has 0 radical (unpaired) electrons. The average Bonchev–Trinajstić information content (AvgIpc) is 3.11. The van der Waals surface area contributed by atoms with Crippen molar-refractivity contribution in [3.05, 3.63) is 93.1 Å². The van der Waals surface area contributed by atoms with E-state index in [0.717, 1.165) is 11.8 Å². The molecule has 0 bridgehead atoms. The molecule has 4 rings (SSSR count). The number of benzene rings is 3. The molecule has 1 aliphatic rings. The number of hydrogen-bond donors (Lipinski definition) is 1. The van der Waals surface area contributed by atoms with Gasteiger partial charge in [-0.25, -0.2) is 14.2 Å². The number of nitrogens with zero attached hydrogens (tertiary/aromatic N) is 2. The molecule has 0 aromatic heterocycles. The Bertz CT molecular complexity index is 1410. The lowest BCUT2D eigenvalue weighted by Gasteiger charge is -2.14. The van der Waals surface area contributed by atoms with Crippen LogP contribution in [0, 0.1) is 5.82 Å². The van der Waals surface area contributed by atoms with E-state index in [9.17, 15) is 19.1 Å². The van der Waals surface area contributed by atoms with Gasteiger partial charge in [0.2, 0.25) is 0 Å². The smallest absolute Gasteiger partial charge is 0.335 e. The molecular formula is C26H20ClFN2O5S. The van der Waals surface area contributed by atoms with Crippen LogP contribution in [0.3, 0.4) is 0 Å². The standard InChI is InChI=1S/C26H20ClFN2O5S/c1-30-24(31)22(36-26(30)29-18-8-5-7-16(13-18)25(32)33)12-15-10-19(27)23(21(11-15)34-2)35-14-17-6-3-4-9-20(17)28/h3-13H,14H2,1-2H3,(H,32,33). The van der Waals surface area contributed by atoms with Crippen LogP contribution < -0.4 is 9.47 Å². The fourth-order valence-corrected chi connectivity index (χ4v) is 4.61. The summed E-state index contributed by atoms with van der Waals surface area (Å²) >= 11 is 7.59. The van der Waals surface area contributed by atoms with Crippen molar-refractivity contribution < 1.29 is 28.6 Å². The summed E-state index contributed by atoms with van der Waals surface area (Å²) in [6.45, 7) is -0.0365. The zero-order valence-corrected chi connectivity index (χ0v) is 20.8. The van der Waals surface area contributed by atoms with Crippen LogP contribution in [0.25, 0.3) is 6.08 Å². The van der Waals surface area contributed by atoms with E-state index in [4.69, 9.17) is 21.1 Å². The van der Waals surface area contributed by atoms with E-state index in [0.29, 0.717) is 32.6 Å². The Hall–Kier alpha value is -3.82. The third-order valence-electron chi connectivity index (χ3n) is 5.20. The molecule has 10 heteroatoms. The highest BCUT2D eigenvalue weighted by molar-refractivity contribution is 8.18. The van der Waals surface area contributed by atoms with Crippen LogP contribution in [0.4, 0.5) is 10.1 Å². The maximum Gasteiger partial charge on any atom is 0.335 e. The van der Waals surface area contributed by atoms with Gasteiger partial charge in [0.15, 0.2) is 16.7 Å². The third-order valence-corrected chi connectivity index (χ3v) is 6.54. The molecule has 0 spiro atoms. The quantitative estimate of drug-likeness (QED) is 0.380. The van der Waals surface area contributed by atoms with Crippen molar-refractivity contribution in [3.63, 3.8) is 0 Å². The van der Waals surface area contributed by atoms with Crippen molar-refractivity contribution in [2.45, 2.75) is 6.61 Å². The molecule has 1 amide bonds. The molecular weight excluding hydrogens is 507 g/mol. The number of carbonyl (C=O) groups excluding carboxylic acids is 1. The van der Waals surface area contributed by atoms with Gasteiger partial charge in [0.05, 0.1) is 28.3 Å². The van der Waals surface area contributed by atoms with E-state index >= 15 is 0 Å². The zero-order chi connectivity index (χ0) is 25.8. The van der Waals surface area contributed by atoms with Crippen LogP contribution >= 0.6 is 23.4 Å². The molecule has 1 saturated heterocycles. The van der Waals surface area contributed by atoms with Gasteiger partial charge in [0.1, 0.15) is 12.4 Å². The Labute approximate surface area is 215 Å². The highest BCUT2D eigenvalue weighted by Crippen LogP contribution is 2.39. The highest BCUT2D eigenvalue weighted by Gasteiger charge is 2.30. The summed E-state index contributed by atoms with van der Waals surface area (Å²) in [6, 6.07) is 15.7. The van der Waals surface area contributed by atoms with Gasteiger partial charge in [0.25, 0.3) is 5.91 Å². The van der Waals surface area contributed by atoms with Gasteiger partial charge in [-0.3, -0.25) is 9.69 Å². The summed E-state index contributed by atoms with van der Waals surface area (Å²) in [5.74, 6) is -1.14. The molecule has 0 aliphatic carbocycles. The van der Waals surface area contributed by atoms with Gasteiger partial charge in [0, 0.05) is 12.6 Å². The molecule has 3 aromatic rings. The molecule has 1 fully saturated rings. The largest absolute Gasteiger partial charge is 0.493 e. The summed E-state index contributed by atoms with van der Waals surface area (Å²) in [6.07, 6.45) is 1.65. The lowest BCUT2D eigenvalue weighted by atomic mass is 10.1. The van der Waals surface area contributed by atoms with E-state index in [1.54, 1.807) is 55.6 Å². The number of ether oxygens (including phenoxy) is 2. The maximum atomic E-state index is 13.9. The van der Waals surface area contributed by atoms with Crippen molar-refractivity contribution in [2.24, 2.45) is 4.99 Å². The Kier molecular flexibility index (Phi) is 7.61. The monoisotopic (exact) mass is 526 g/mol. The number of carboxylic acid groups (broad SMARTS) is 1. The number of amidine groups is 1. The Morgan fingerprint density at radius 1 is 1.19 bits per heavy atom. The first-order valence-electron chi connectivity index (χ1n) is 10.6. The van der Waals surface area contributed by atoms with E-state index in [1.165, 1.54) is 30.2 Å². The minimum absolute atomic E-state index is 0.0365. The number of amides is 1. The van der Waals surface area contributed by atoms with E-state index < -0.39 is 5.97 Å². The van der Waals surface area contributed by atoms with Crippen LogP contribution in [0.5, 0.6) is 11.5 Å². The van der Waals surface area contributed by atoms with E-state index in [2.05, 4.69) is 4.99 Å². The van der Waals surface area contributed by atoms with Gasteiger partial charge >= 0.3 is 5.97 Å². The van der Waals surface area contributed by atoms with Crippen molar-refractivity contribution in [1.29, 1.82) is 0 Å². The Morgan fingerprint density at radius 3 is 2.69 bits per heavy atom. The summed E-state index contributed by atoms with van der Waals surface area (Å²) < 4.78 is 25.1. The molecule has 1 aliphatic heterocycles. The fraction of sp³-hybridized carbons (Fsp3) is 0.115. The Morgan fingerprint density at radius 2 is 1.97 bits per heavy atom. The average molecular weight is 527 g/mol. The van der Waals surface area contributed by atoms with Crippen molar-refractivity contribution >= 4 is 52.2 Å². The summed E-state index contributed by atoms with van der Waals surface area (Å²) in [5, 5.41) is 9.82. The van der Waals surface area contributed by atoms with Crippen molar-refractivity contribution in [3.8, 4) is 11.5 Å². The fourth-order valence-electron chi connectivity index (χ4n) is 3.35. The second kappa shape index (κ2) is 10.8. The Balaban J connectivity index is 1.58. The SMILES string of the molecule is COc1cc(C=C2SC(=Nc3cccc(C(=O)O)c3)N(C)C2=O)cc(Cl)c1OCc1ccccc1F. The minimum Gasteiger partial charge on any atom is -0.493 e. The number of aliphatic imine (C=N–C) groups is 1. The van der Waals surface area contributed by atoms with E-state index in [-0.39, 0.29) is 34.7 Å². The van der Waals surface area contributed by atoms with Gasteiger partial charge in [-0.1, -0.05) is 35.9 Å². The molecule has 3 aromatic carbocycles. The lowest BCUT2D eigenvalue weighted by Crippen LogP contribution is -2.23. The first-order chi connectivity index (χ1) is 17.3. The molecule has 36 heavy (non-hydrogen) atoms. The van der Waals surface area contributed by atoms with E-state index in [1.807, 2.05) is 0 Å². The predicted molar refractivity (Wildman–Crippen MR) is 138 cm³/mol. The second-order valence-corrected chi connectivity index (χ2v) is 9.06. The highest BCUT2D eigenvalue weighted by atomic mass is 35.5. The lowest BCUT2D eigenvalue weighted by molar-refractivity contribution is -0.121. The summed E-state index contributed by atoms with van der Waals surface area (Å²) in [7, 11) is 3.04. The third kappa shape index (κ3) is 5.53. The predicted octanol–water partition coefficient (Wildman–Crippen LogP) is 6.00. The number of aromatic carboxylic acids is 1. The summed E-state index contributed by atoms with van der Waals surface area (Å²) in [5.41, 5.74) is 1.48. The first-order valence-corrected chi connectivity index (χ1v) is 11.8. The number of hydrogen-bond acceptors (Lipinski definition) is 6.